The molecule has 0 aromatic heterocycles. The van der Waals surface area contributed by atoms with E-state index in [9.17, 15) is 0 Å². The second kappa shape index (κ2) is 3.94. The van der Waals surface area contributed by atoms with Crippen LogP contribution in [0.3, 0.4) is 0 Å². The number of terminal acetylenes is 1. The first-order valence-corrected chi connectivity index (χ1v) is 4.70. The largest absolute Gasteiger partial charge is 0.120 e. The van der Waals surface area contributed by atoms with Gasteiger partial charge in [-0.2, -0.15) is 0 Å². The zero-order valence-electron chi connectivity index (χ0n) is 5.77. The van der Waals surface area contributed by atoms with Crippen LogP contribution in [0.4, 0.5) is 0 Å². The lowest BCUT2D eigenvalue weighted by Crippen LogP contribution is -1.84. The van der Waals surface area contributed by atoms with Crippen molar-refractivity contribution in [3.8, 4) is 12.3 Å². The van der Waals surface area contributed by atoms with Gasteiger partial charge in [0.25, 0.3) is 0 Å². The molecule has 0 aliphatic carbocycles. The second-order valence-corrected chi connectivity index (χ2v) is 3.79. The van der Waals surface area contributed by atoms with Gasteiger partial charge >= 0.3 is 0 Å². The SMILES string of the molecule is C#CCc1c(Br)cccc1Br. The van der Waals surface area contributed by atoms with E-state index in [-0.39, 0.29) is 0 Å². The molecule has 0 bridgehead atoms. The topological polar surface area (TPSA) is 0 Å². The molecule has 0 unspecified atom stereocenters. The molecule has 0 atom stereocenters. The standard InChI is InChI=1S/C9H6Br2/c1-2-4-7-8(10)5-3-6-9(7)11/h1,3,5-6H,4H2. The number of rotatable bonds is 1. The summed E-state index contributed by atoms with van der Waals surface area (Å²) in [6, 6.07) is 5.93. The van der Waals surface area contributed by atoms with Gasteiger partial charge in [0.2, 0.25) is 0 Å². The maximum absolute atomic E-state index is 5.21. The number of hydrogen-bond acceptors (Lipinski definition) is 0. The van der Waals surface area contributed by atoms with Crippen molar-refractivity contribution in [3.05, 3.63) is 32.7 Å². The second-order valence-electron chi connectivity index (χ2n) is 2.08. The fourth-order valence-electron chi connectivity index (χ4n) is 0.803. The molecular weight excluding hydrogens is 268 g/mol. The Labute approximate surface area is 83.3 Å². The highest BCUT2D eigenvalue weighted by Gasteiger charge is 2.01. The van der Waals surface area contributed by atoms with Gasteiger partial charge in [-0.15, -0.1) is 12.3 Å². The fraction of sp³-hybridized carbons (Fsp3) is 0.111. The molecule has 1 aromatic rings. The third-order valence-corrected chi connectivity index (χ3v) is 2.83. The van der Waals surface area contributed by atoms with Gasteiger partial charge in [0.1, 0.15) is 0 Å². The van der Waals surface area contributed by atoms with Crippen molar-refractivity contribution in [1.29, 1.82) is 0 Å². The number of benzene rings is 1. The summed E-state index contributed by atoms with van der Waals surface area (Å²) in [6.45, 7) is 0. The van der Waals surface area contributed by atoms with Gasteiger partial charge in [-0.3, -0.25) is 0 Å². The summed E-state index contributed by atoms with van der Waals surface area (Å²) in [5.74, 6) is 2.61. The highest BCUT2D eigenvalue weighted by Crippen LogP contribution is 2.24. The van der Waals surface area contributed by atoms with Crippen LogP contribution in [0.15, 0.2) is 27.1 Å². The van der Waals surface area contributed by atoms with E-state index in [1.54, 1.807) is 0 Å². The van der Waals surface area contributed by atoms with Crippen LogP contribution in [0.2, 0.25) is 0 Å². The zero-order valence-corrected chi connectivity index (χ0v) is 8.94. The summed E-state index contributed by atoms with van der Waals surface area (Å²) < 4.78 is 2.12. The molecule has 1 aromatic carbocycles. The van der Waals surface area contributed by atoms with Gasteiger partial charge in [0, 0.05) is 15.4 Å². The third kappa shape index (κ3) is 2.08. The predicted molar refractivity (Wildman–Crippen MR) is 54.4 cm³/mol. The molecule has 11 heavy (non-hydrogen) atoms. The van der Waals surface area contributed by atoms with Crippen LogP contribution in [0.25, 0.3) is 0 Å². The third-order valence-electron chi connectivity index (χ3n) is 1.34. The highest BCUT2D eigenvalue weighted by molar-refractivity contribution is 9.11. The Morgan fingerprint density at radius 2 is 1.82 bits per heavy atom. The molecule has 0 spiro atoms. The lowest BCUT2D eigenvalue weighted by Gasteiger charge is -2.01. The summed E-state index contributed by atoms with van der Waals surface area (Å²) in [7, 11) is 0. The van der Waals surface area contributed by atoms with Gasteiger partial charge in [-0.1, -0.05) is 37.9 Å². The van der Waals surface area contributed by atoms with Gasteiger partial charge in [-0.25, -0.2) is 0 Å². The Balaban J connectivity index is 3.12. The normalized spacial score (nSPS) is 9.18. The zero-order chi connectivity index (χ0) is 8.27. The lowest BCUT2D eigenvalue weighted by molar-refractivity contribution is 1.27. The first-order valence-electron chi connectivity index (χ1n) is 3.12. The van der Waals surface area contributed by atoms with Crippen LogP contribution >= 0.6 is 31.9 Å². The van der Waals surface area contributed by atoms with Crippen molar-refractivity contribution >= 4 is 31.9 Å². The maximum Gasteiger partial charge on any atom is 0.0360 e. The first kappa shape index (κ1) is 8.83. The summed E-state index contributed by atoms with van der Waals surface area (Å²) >= 11 is 6.85. The average Bonchev–Trinajstić information content (AvgIpc) is 1.97. The van der Waals surface area contributed by atoms with E-state index in [1.807, 2.05) is 18.2 Å². The van der Waals surface area contributed by atoms with E-state index >= 15 is 0 Å². The Kier molecular flexibility index (Phi) is 3.16. The molecule has 0 nitrogen and oxygen atoms in total. The predicted octanol–water partition coefficient (Wildman–Crippen LogP) is 3.39. The van der Waals surface area contributed by atoms with E-state index in [1.165, 1.54) is 0 Å². The Bertz CT molecular complexity index is 277. The lowest BCUT2D eigenvalue weighted by atomic mass is 10.2. The van der Waals surface area contributed by atoms with E-state index < -0.39 is 0 Å². The van der Waals surface area contributed by atoms with Crippen molar-refractivity contribution in [2.24, 2.45) is 0 Å². The first-order chi connectivity index (χ1) is 5.25. The molecule has 0 amide bonds. The van der Waals surface area contributed by atoms with E-state index in [0.717, 1.165) is 14.5 Å². The average molecular weight is 274 g/mol. The molecule has 0 saturated heterocycles. The van der Waals surface area contributed by atoms with Crippen LogP contribution in [0, 0.1) is 12.3 Å². The monoisotopic (exact) mass is 272 g/mol. The van der Waals surface area contributed by atoms with Crippen molar-refractivity contribution in [2.45, 2.75) is 6.42 Å². The molecule has 56 valence electrons. The van der Waals surface area contributed by atoms with Crippen LogP contribution in [-0.4, -0.2) is 0 Å². The Hall–Kier alpha value is -0.260. The minimum absolute atomic E-state index is 0.655. The smallest absolute Gasteiger partial charge is 0.0360 e. The summed E-state index contributed by atoms with van der Waals surface area (Å²) in [5, 5.41) is 0. The van der Waals surface area contributed by atoms with E-state index in [0.29, 0.717) is 6.42 Å². The van der Waals surface area contributed by atoms with Crippen LogP contribution in [0.5, 0.6) is 0 Å². The quantitative estimate of drug-likeness (QED) is 0.688. The molecular formula is C9H6Br2. The van der Waals surface area contributed by atoms with Crippen LogP contribution < -0.4 is 0 Å². The molecule has 2 heteroatoms. The molecule has 0 radical (unpaired) electrons. The molecule has 0 N–H and O–H groups in total. The van der Waals surface area contributed by atoms with Crippen molar-refractivity contribution < 1.29 is 0 Å². The van der Waals surface area contributed by atoms with Gasteiger partial charge in [0.15, 0.2) is 0 Å². The maximum atomic E-state index is 5.21. The minimum atomic E-state index is 0.655. The fourth-order valence-corrected chi connectivity index (χ4v) is 2.08. The van der Waals surface area contributed by atoms with Gasteiger partial charge in [-0.05, 0) is 17.7 Å². The summed E-state index contributed by atoms with van der Waals surface area (Å²) in [4.78, 5) is 0. The van der Waals surface area contributed by atoms with Crippen LogP contribution in [0.1, 0.15) is 5.56 Å². The Morgan fingerprint density at radius 1 is 1.27 bits per heavy atom. The molecule has 0 aliphatic rings. The van der Waals surface area contributed by atoms with Crippen molar-refractivity contribution in [3.63, 3.8) is 0 Å². The van der Waals surface area contributed by atoms with Gasteiger partial charge < -0.3 is 0 Å². The van der Waals surface area contributed by atoms with Crippen molar-refractivity contribution in [2.75, 3.05) is 0 Å². The van der Waals surface area contributed by atoms with Crippen molar-refractivity contribution in [1.82, 2.24) is 0 Å². The molecule has 0 heterocycles. The Morgan fingerprint density at radius 3 is 2.27 bits per heavy atom. The van der Waals surface area contributed by atoms with E-state index in [2.05, 4.69) is 37.8 Å². The number of hydrogen-bond donors (Lipinski definition) is 0. The minimum Gasteiger partial charge on any atom is -0.120 e. The van der Waals surface area contributed by atoms with E-state index in [4.69, 9.17) is 6.42 Å². The van der Waals surface area contributed by atoms with Gasteiger partial charge in [0.05, 0.1) is 0 Å². The molecule has 1 rings (SSSR count). The highest BCUT2D eigenvalue weighted by atomic mass is 79.9. The molecule has 0 aliphatic heterocycles. The number of halogens is 2. The molecule has 0 fully saturated rings. The van der Waals surface area contributed by atoms with Crippen LogP contribution in [-0.2, 0) is 6.42 Å². The summed E-state index contributed by atoms with van der Waals surface area (Å²) in [5.41, 5.74) is 1.13. The summed E-state index contributed by atoms with van der Waals surface area (Å²) in [6.07, 6.45) is 5.86. The molecule has 0 saturated carbocycles.